The van der Waals surface area contributed by atoms with E-state index in [0.29, 0.717) is 41.2 Å². The van der Waals surface area contributed by atoms with Crippen molar-refractivity contribution in [3.8, 4) is 17.6 Å². The average molecular weight is 782 g/mol. The number of likely N-dealkylation sites (tertiary alicyclic amines) is 1. The van der Waals surface area contributed by atoms with Crippen molar-refractivity contribution in [1.29, 1.82) is 0 Å². The minimum Gasteiger partial charge on any atom is -0.491 e. The van der Waals surface area contributed by atoms with E-state index < -0.39 is 53.5 Å². The summed E-state index contributed by atoms with van der Waals surface area (Å²) in [6.07, 6.45) is 3.82. The molecule has 0 radical (unpaired) electrons. The number of rotatable bonds is 8. The van der Waals surface area contributed by atoms with Crippen LogP contribution in [0.2, 0.25) is 0 Å². The van der Waals surface area contributed by atoms with E-state index in [1.54, 1.807) is 18.2 Å². The van der Waals surface area contributed by atoms with Crippen LogP contribution in [0.5, 0.6) is 5.75 Å². The molecule has 4 aliphatic heterocycles. The van der Waals surface area contributed by atoms with Crippen LogP contribution in [-0.2, 0) is 24.5 Å². The Labute approximate surface area is 337 Å². The van der Waals surface area contributed by atoms with Crippen LogP contribution in [-0.4, -0.2) is 77.6 Å². The van der Waals surface area contributed by atoms with E-state index in [1.165, 1.54) is 0 Å². The molecule has 4 aliphatic rings. The molecule has 298 valence electrons. The van der Waals surface area contributed by atoms with Gasteiger partial charge >= 0.3 is 12.0 Å². The van der Waals surface area contributed by atoms with Gasteiger partial charge in [-0.2, -0.15) is 0 Å². The van der Waals surface area contributed by atoms with Gasteiger partial charge < -0.3 is 35.8 Å². The molecular formula is C46H47N5O7. The summed E-state index contributed by atoms with van der Waals surface area (Å²) in [4.78, 5) is 61.7. The second-order valence-electron chi connectivity index (χ2n) is 15.2. The summed E-state index contributed by atoms with van der Waals surface area (Å²) in [5.41, 5.74) is 7.30. The standard InChI is InChI=1S/C46H47N5O7/c47-45(56)48-24-14-15-30-22-23-35-34(29-30)46(44(55)49-35)37(42(53)50-25-12-2-1-3-13-26-50)39-43(54)58-40(32-18-8-5-9-19-32)38(31-16-6-4-7-17-31)51(39)41(46)33-20-10-11-21-36(33)57-28-27-52/h4-11,16-23,29,37-41,52H,1-3,12-13,24-28H2,(H,49,55)(H3,47,48,56). The molecule has 5 N–H and O–H groups in total. The smallest absolute Gasteiger partial charge is 0.324 e. The van der Waals surface area contributed by atoms with Gasteiger partial charge in [-0.1, -0.05) is 110 Å². The number of amides is 4. The van der Waals surface area contributed by atoms with Gasteiger partial charge in [-0.05, 0) is 53.8 Å². The topological polar surface area (TPSA) is 164 Å². The molecule has 0 aromatic heterocycles. The number of morpholine rings is 1. The number of esters is 1. The van der Waals surface area contributed by atoms with E-state index in [-0.39, 0.29) is 25.7 Å². The van der Waals surface area contributed by atoms with Crippen molar-refractivity contribution in [1.82, 2.24) is 15.1 Å². The maximum Gasteiger partial charge on any atom is 0.324 e. The van der Waals surface area contributed by atoms with Crippen LogP contribution in [0, 0.1) is 17.8 Å². The van der Waals surface area contributed by atoms with E-state index in [9.17, 15) is 9.90 Å². The Kier molecular flexibility index (Phi) is 11.2. The Bertz CT molecular complexity index is 2230. The number of urea groups is 1. The van der Waals surface area contributed by atoms with Crippen LogP contribution in [0.15, 0.2) is 103 Å². The molecule has 0 saturated carbocycles. The summed E-state index contributed by atoms with van der Waals surface area (Å²) in [7, 11) is 0. The molecule has 6 unspecified atom stereocenters. The van der Waals surface area contributed by atoms with Crippen molar-refractivity contribution in [3.63, 3.8) is 0 Å². The molecule has 0 bridgehead atoms. The summed E-state index contributed by atoms with van der Waals surface area (Å²) in [6, 6.07) is 28.5. The molecule has 8 rings (SSSR count). The third-order valence-corrected chi connectivity index (χ3v) is 11.9. The Morgan fingerprint density at radius 2 is 1.55 bits per heavy atom. The lowest BCUT2D eigenvalue weighted by Crippen LogP contribution is -2.55. The number of hydrogen-bond donors (Lipinski definition) is 4. The van der Waals surface area contributed by atoms with Crippen LogP contribution in [0.25, 0.3) is 0 Å². The molecule has 3 saturated heterocycles. The molecule has 0 aliphatic carbocycles. The second kappa shape index (κ2) is 16.7. The highest BCUT2D eigenvalue weighted by molar-refractivity contribution is 6.12. The lowest BCUT2D eigenvalue weighted by Gasteiger charge is -2.46. The van der Waals surface area contributed by atoms with Gasteiger partial charge in [0, 0.05) is 29.9 Å². The summed E-state index contributed by atoms with van der Waals surface area (Å²) in [5.74, 6) is 3.87. The third-order valence-electron chi connectivity index (χ3n) is 11.9. The van der Waals surface area contributed by atoms with Crippen molar-refractivity contribution in [2.75, 3.05) is 38.2 Å². The van der Waals surface area contributed by atoms with E-state index >= 15 is 14.4 Å². The highest BCUT2D eigenvalue weighted by Gasteiger charge is 2.74. The number of nitrogens with zero attached hydrogens (tertiary/aromatic N) is 2. The predicted octanol–water partition coefficient (Wildman–Crippen LogP) is 5.14. The zero-order valence-electron chi connectivity index (χ0n) is 32.1. The number of fused-ring (bicyclic) bond motifs is 3. The van der Waals surface area contributed by atoms with Gasteiger partial charge in [0.1, 0.15) is 29.9 Å². The molecule has 12 nitrogen and oxygen atoms in total. The van der Waals surface area contributed by atoms with Crippen LogP contribution in [0.3, 0.4) is 0 Å². The van der Waals surface area contributed by atoms with Crippen LogP contribution in [0.4, 0.5) is 10.5 Å². The van der Waals surface area contributed by atoms with Crippen LogP contribution in [0.1, 0.15) is 78.1 Å². The number of anilines is 1. The number of ether oxygens (including phenoxy) is 2. The highest BCUT2D eigenvalue weighted by atomic mass is 16.6. The molecule has 58 heavy (non-hydrogen) atoms. The van der Waals surface area contributed by atoms with E-state index in [1.807, 2.05) is 89.8 Å². The van der Waals surface area contributed by atoms with Gasteiger partial charge in [0.2, 0.25) is 11.8 Å². The fourth-order valence-electron chi connectivity index (χ4n) is 9.56. The fourth-order valence-corrected chi connectivity index (χ4v) is 9.56. The molecule has 4 aromatic rings. The van der Waals surface area contributed by atoms with Crippen molar-refractivity contribution in [2.24, 2.45) is 11.7 Å². The van der Waals surface area contributed by atoms with Crippen molar-refractivity contribution in [2.45, 2.75) is 61.7 Å². The van der Waals surface area contributed by atoms with Gasteiger partial charge in [-0.15, -0.1) is 0 Å². The number of aliphatic hydroxyl groups excluding tert-OH is 1. The Morgan fingerprint density at radius 3 is 2.26 bits per heavy atom. The molecule has 4 heterocycles. The zero-order valence-corrected chi connectivity index (χ0v) is 32.1. The molecular weight excluding hydrogens is 735 g/mol. The van der Waals surface area contributed by atoms with Crippen LogP contribution >= 0.6 is 0 Å². The lowest BCUT2D eigenvalue weighted by molar-refractivity contribution is -0.179. The number of cyclic esters (lactones) is 1. The maximum atomic E-state index is 15.7. The number of nitrogens with two attached hydrogens (primary N) is 1. The fraction of sp³-hybridized carbons (Fsp3) is 0.348. The number of carbonyl (C=O) groups excluding carboxylic acids is 4. The quantitative estimate of drug-likeness (QED) is 0.141. The van der Waals surface area contributed by atoms with E-state index in [0.717, 1.165) is 43.2 Å². The zero-order chi connectivity index (χ0) is 40.2. The maximum absolute atomic E-state index is 15.7. The molecule has 4 amide bonds. The minimum absolute atomic E-state index is 0.00430. The molecule has 4 aromatic carbocycles. The minimum atomic E-state index is -1.71. The third kappa shape index (κ3) is 6.94. The first-order valence-electron chi connectivity index (χ1n) is 20.0. The van der Waals surface area contributed by atoms with Crippen molar-refractivity contribution < 1.29 is 33.8 Å². The van der Waals surface area contributed by atoms with Gasteiger partial charge in [0.05, 0.1) is 31.2 Å². The second-order valence-corrected chi connectivity index (χ2v) is 15.2. The number of nitrogens with one attached hydrogen (secondary N) is 2. The highest BCUT2D eigenvalue weighted by Crippen LogP contribution is 2.66. The SMILES string of the molecule is NC(=O)NCC#Cc1ccc2c(c1)C1(C(=O)N2)C(C(=O)N2CCCCCCC2)C2C(=O)OC(c3ccccc3)C(c3ccccc3)N2C1c1ccccc1OCCO. The first kappa shape index (κ1) is 38.7. The number of aliphatic hydroxyl groups is 1. The Hall–Kier alpha value is -6.16. The summed E-state index contributed by atoms with van der Waals surface area (Å²) in [6.45, 7) is 0.724. The van der Waals surface area contributed by atoms with E-state index in [2.05, 4.69) is 27.4 Å². The van der Waals surface area contributed by atoms with Crippen molar-refractivity contribution >= 4 is 29.5 Å². The van der Waals surface area contributed by atoms with Gasteiger partial charge in [-0.3, -0.25) is 19.3 Å². The summed E-state index contributed by atoms with van der Waals surface area (Å²) in [5, 5.41) is 15.6. The Balaban J connectivity index is 1.43. The number of hydrogen-bond acceptors (Lipinski definition) is 8. The first-order valence-corrected chi connectivity index (χ1v) is 20.0. The molecule has 6 atom stereocenters. The monoisotopic (exact) mass is 781 g/mol. The first-order chi connectivity index (χ1) is 28.3. The average Bonchev–Trinajstić information content (AvgIpc) is 3.70. The van der Waals surface area contributed by atoms with Gasteiger partial charge in [-0.25, -0.2) is 4.79 Å². The molecule has 12 heteroatoms. The Morgan fingerprint density at radius 1 is 0.879 bits per heavy atom. The number of benzene rings is 4. The lowest BCUT2D eigenvalue weighted by atomic mass is 9.64. The normalized spacial score (nSPS) is 25.3. The number of primary amides is 1. The molecule has 1 spiro atoms. The predicted molar refractivity (Wildman–Crippen MR) is 216 cm³/mol. The van der Waals surface area contributed by atoms with Gasteiger partial charge in [0.25, 0.3) is 0 Å². The largest absolute Gasteiger partial charge is 0.491 e. The van der Waals surface area contributed by atoms with Gasteiger partial charge in [0.15, 0.2) is 0 Å². The van der Waals surface area contributed by atoms with Crippen molar-refractivity contribution in [3.05, 3.63) is 131 Å². The number of para-hydroxylation sites is 1. The summed E-state index contributed by atoms with van der Waals surface area (Å²) >= 11 is 0. The molecule has 3 fully saturated rings. The number of carbonyl (C=O) groups is 4. The van der Waals surface area contributed by atoms with Crippen LogP contribution < -0.4 is 21.1 Å². The van der Waals surface area contributed by atoms with E-state index in [4.69, 9.17) is 15.2 Å². The summed E-state index contributed by atoms with van der Waals surface area (Å²) < 4.78 is 12.8.